The van der Waals surface area contributed by atoms with E-state index in [1.54, 1.807) is 13.1 Å². The highest BCUT2D eigenvalue weighted by molar-refractivity contribution is 6.31. The Bertz CT molecular complexity index is 431. The maximum absolute atomic E-state index is 11.9. The monoisotopic (exact) mass is 239 g/mol. The van der Waals surface area contributed by atoms with Gasteiger partial charge in [0.2, 0.25) is 0 Å². The Morgan fingerprint density at radius 2 is 2.38 bits per heavy atom. The van der Waals surface area contributed by atoms with E-state index in [9.17, 15) is 4.79 Å². The molecule has 1 N–H and O–H groups in total. The van der Waals surface area contributed by atoms with Crippen molar-refractivity contribution >= 4 is 17.4 Å². The molecular formula is C12H14ClNO2. The lowest BCUT2D eigenvalue weighted by Crippen LogP contribution is -2.19. The summed E-state index contributed by atoms with van der Waals surface area (Å²) in [5, 5.41) is 3.43. The molecule has 0 saturated carbocycles. The van der Waals surface area contributed by atoms with E-state index < -0.39 is 0 Å². The van der Waals surface area contributed by atoms with Crippen molar-refractivity contribution in [2.75, 3.05) is 13.6 Å². The predicted octanol–water partition coefficient (Wildman–Crippen LogP) is 2.07. The van der Waals surface area contributed by atoms with Gasteiger partial charge in [0.15, 0.2) is 5.78 Å². The Hall–Kier alpha value is -1.06. The van der Waals surface area contributed by atoms with Crippen molar-refractivity contribution in [3.63, 3.8) is 0 Å². The van der Waals surface area contributed by atoms with Crippen LogP contribution in [0, 0.1) is 0 Å². The van der Waals surface area contributed by atoms with Crippen molar-refractivity contribution in [2.24, 2.45) is 0 Å². The highest BCUT2D eigenvalue weighted by Gasteiger charge is 2.25. The summed E-state index contributed by atoms with van der Waals surface area (Å²) < 4.78 is 5.65. The molecule has 0 bridgehead atoms. The van der Waals surface area contributed by atoms with Gasteiger partial charge < -0.3 is 10.1 Å². The van der Waals surface area contributed by atoms with Crippen LogP contribution in [0.4, 0.5) is 0 Å². The molecule has 0 aromatic heterocycles. The number of fused-ring (bicyclic) bond motifs is 1. The largest absolute Gasteiger partial charge is 0.489 e. The van der Waals surface area contributed by atoms with E-state index in [0.717, 1.165) is 12.0 Å². The molecule has 0 saturated heterocycles. The van der Waals surface area contributed by atoms with Crippen molar-refractivity contribution in [2.45, 2.75) is 19.4 Å². The Kier molecular flexibility index (Phi) is 3.17. The second-order valence-electron chi connectivity index (χ2n) is 4.03. The fourth-order valence-electron chi connectivity index (χ4n) is 1.96. The topological polar surface area (TPSA) is 38.3 Å². The zero-order valence-corrected chi connectivity index (χ0v) is 10.1. The van der Waals surface area contributed by atoms with Crippen LogP contribution >= 0.6 is 11.6 Å². The van der Waals surface area contributed by atoms with Gasteiger partial charge in [-0.3, -0.25) is 4.79 Å². The van der Waals surface area contributed by atoms with Crippen LogP contribution in [0.5, 0.6) is 5.75 Å². The highest BCUT2D eigenvalue weighted by Crippen LogP contribution is 2.35. The zero-order chi connectivity index (χ0) is 11.7. The van der Waals surface area contributed by atoms with Gasteiger partial charge in [0, 0.05) is 17.0 Å². The number of rotatable bonds is 3. The summed E-state index contributed by atoms with van der Waals surface area (Å²) in [7, 11) is 1.74. The number of carbonyl (C=O) groups is 1. The summed E-state index contributed by atoms with van der Waals surface area (Å²) in [6, 6.07) is 3.55. The van der Waals surface area contributed by atoms with E-state index in [1.807, 2.05) is 13.0 Å². The van der Waals surface area contributed by atoms with Crippen LogP contribution in [0.2, 0.25) is 5.02 Å². The Morgan fingerprint density at radius 3 is 3.06 bits per heavy atom. The molecule has 2 rings (SSSR count). The number of Topliss-reactive ketones (excluding diaryl/α,β-unsaturated/α-hetero) is 1. The molecule has 0 aliphatic carbocycles. The first-order valence-electron chi connectivity index (χ1n) is 5.28. The second kappa shape index (κ2) is 4.44. The lowest BCUT2D eigenvalue weighted by Gasteiger charge is -2.09. The summed E-state index contributed by atoms with van der Waals surface area (Å²) in [4.78, 5) is 11.9. The average molecular weight is 240 g/mol. The van der Waals surface area contributed by atoms with Crippen LogP contribution in [-0.4, -0.2) is 25.5 Å². The van der Waals surface area contributed by atoms with Gasteiger partial charge in [0.05, 0.1) is 12.1 Å². The summed E-state index contributed by atoms with van der Waals surface area (Å²) in [6.07, 6.45) is 0.935. The van der Waals surface area contributed by atoms with E-state index in [2.05, 4.69) is 5.32 Å². The van der Waals surface area contributed by atoms with E-state index >= 15 is 0 Å². The SMILES string of the molecule is CNCC(=O)c1cc(Cl)cc2c1OC(C)C2. The second-order valence-corrected chi connectivity index (χ2v) is 4.46. The smallest absolute Gasteiger partial charge is 0.180 e. The molecule has 0 radical (unpaired) electrons. The van der Waals surface area contributed by atoms with Gasteiger partial charge in [0.25, 0.3) is 0 Å². The van der Waals surface area contributed by atoms with Crippen molar-refractivity contribution in [1.29, 1.82) is 0 Å². The third kappa shape index (κ3) is 2.06. The minimum absolute atomic E-state index is 0.00958. The number of halogens is 1. The molecule has 1 aromatic carbocycles. The molecule has 0 fully saturated rings. The average Bonchev–Trinajstić information content (AvgIpc) is 2.57. The van der Waals surface area contributed by atoms with Crippen molar-refractivity contribution < 1.29 is 9.53 Å². The number of likely N-dealkylation sites (N-methyl/N-ethyl adjacent to an activating group) is 1. The Labute approximate surface area is 99.7 Å². The fraction of sp³-hybridized carbons (Fsp3) is 0.417. The standard InChI is InChI=1S/C12H14ClNO2/c1-7-3-8-4-9(13)5-10(12(8)16-7)11(15)6-14-2/h4-5,7,14H,3,6H2,1-2H3. The number of nitrogens with one attached hydrogen (secondary N) is 1. The summed E-state index contributed by atoms with van der Waals surface area (Å²) in [5.41, 5.74) is 1.61. The maximum Gasteiger partial charge on any atom is 0.180 e. The first-order chi connectivity index (χ1) is 7.61. The number of ketones is 1. The molecule has 0 amide bonds. The molecule has 16 heavy (non-hydrogen) atoms. The van der Waals surface area contributed by atoms with E-state index in [4.69, 9.17) is 16.3 Å². The van der Waals surface area contributed by atoms with Gasteiger partial charge in [-0.05, 0) is 26.1 Å². The van der Waals surface area contributed by atoms with E-state index in [1.165, 1.54) is 0 Å². The molecule has 1 unspecified atom stereocenters. The third-order valence-electron chi connectivity index (χ3n) is 2.59. The van der Waals surface area contributed by atoms with Gasteiger partial charge in [-0.2, -0.15) is 0 Å². The highest BCUT2D eigenvalue weighted by atomic mass is 35.5. The summed E-state index contributed by atoms with van der Waals surface area (Å²) in [6.45, 7) is 2.28. The van der Waals surface area contributed by atoms with Gasteiger partial charge in [-0.25, -0.2) is 0 Å². The number of benzene rings is 1. The zero-order valence-electron chi connectivity index (χ0n) is 9.34. The van der Waals surface area contributed by atoms with Gasteiger partial charge >= 0.3 is 0 Å². The lowest BCUT2D eigenvalue weighted by atomic mass is 10.0. The Morgan fingerprint density at radius 1 is 1.62 bits per heavy atom. The van der Waals surface area contributed by atoms with E-state index in [-0.39, 0.29) is 11.9 Å². The van der Waals surface area contributed by atoms with Gasteiger partial charge in [-0.1, -0.05) is 11.6 Å². The first kappa shape index (κ1) is 11.4. The third-order valence-corrected chi connectivity index (χ3v) is 2.81. The van der Waals surface area contributed by atoms with Crippen molar-refractivity contribution in [1.82, 2.24) is 5.32 Å². The number of hydrogen-bond acceptors (Lipinski definition) is 3. The molecule has 1 heterocycles. The number of hydrogen-bond donors (Lipinski definition) is 1. The molecule has 1 aromatic rings. The van der Waals surface area contributed by atoms with Crippen LogP contribution < -0.4 is 10.1 Å². The maximum atomic E-state index is 11.9. The number of ether oxygens (including phenoxy) is 1. The molecule has 3 nitrogen and oxygen atoms in total. The van der Waals surface area contributed by atoms with Crippen LogP contribution in [-0.2, 0) is 6.42 Å². The van der Waals surface area contributed by atoms with Crippen molar-refractivity contribution in [3.05, 3.63) is 28.3 Å². The molecule has 1 aliphatic heterocycles. The van der Waals surface area contributed by atoms with Crippen LogP contribution in [0.25, 0.3) is 0 Å². The van der Waals surface area contributed by atoms with Gasteiger partial charge in [0.1, 0.15) is 11.9 Å². The van der Waals surface area contributed by atoms with Crippen molar-refractivity contribution in [3.8, 4) is 5.75 Å². The fourth-order valence-corrected chi connectivity index (χ4v) is 2.20. The molecule has 1 aliphatic rings. The molecular weight excluding hydrogens is 226 g/mol. The normalized spacial score (nSPS) is 18.1. The summed E-state index contributed by atoms with van der Waals surface area (Å²) >= 11 is 5.99. The van der Waals surface area contributed by atoms with Crippen LogP contribution in [0.3, 0.4) is 0 Å². The minimum atomic E-state index is 0.00958. The quantitative estimate of drug-likeness (QED) is 0.821. The Balaban J connectivity index is 2.42. The van der Waals surface area contributed by atoms with Crippen LogP contribution in [0.1, 0.15) is 22.8 Å². The minimum Gasteiger partial charge on any atom is -0.489 e. The predicted molar refractivity (Wildman–Crippen MR) is 63.5 cm³/mol. The number of carbonyl (C=O) groups excluding carboxylic acids is 1. The molecule has 1 atom stereocenters. The molecule has 0 spiro atoms. The summed E-state index contributed by atoms with van der Waals surface area (Å²) in [5.74, 6) is 0.715. The first-order valence-corrected chi connectivity index (χ1v) is 5.66. The van der Waals surface area contributed by atoms with Gasteiger partial charge in [-0.15, -0.1) is 0 Å². The lowest BCUT2D eigenvalue weighted by molar-refractivity contribution is 0.0989. The van der Waals surface area contributed by atoms with E-state index in [0.29, 0.717) is 22.9 Å². The molecule has 86 valence electrons. The molecule has 4 heteroatoms. The van der Waals surface area contributed by atoms with Crippen LogP contribution in [0.15, 0.2) is 12.1 Å².